The molecule has 0 spiro atoms. The molecular formula is C31H42N4O6. The van der Waals surface area contributed by atoms with Gasteiger partial charge in [-0.1, -0.05) is 26.2 Å². The Balaban J connectivity index is 1.32. The number of likely N-dealkylation sites (N-methyl/N-ethyl adjacent to an activating group) is 1. The molecule has 1 saturated carbocycles. The van der Waals surface area contributed by atoms with E-state index in [1.54, 1.807) is 41.3 Å². The van der Waals surface area contributed by atoms with Crippen LogP contribution in [0.2, 0.25) is 0 Å². The van der Waals surface area contributed by atoms with Crippen molar-refractivity contribution in [3.8, 4) is 17.2 Å². The minimum Gasteiger partial charge on any atom is -0.488 e. The molecule has 2 heterocycles. The van der Waals surface area contributed by atoms with Crippen LogP contribution in [0, 0.1) is 11.8 Å². The third kappa shape index (κ3) is 7.05. The Bertz CT molecular complexity index is 1230. The smallest absolute Gasteiger partial charge is 0.323 e. The van der Waals surface area contributed by atoms with Crippen LogP contribution in [0.25, 0.3) is 0 Å². The highest BCUT2D eigenvalue weighted by Crippen LogP contribution is 2.35. The lowest BCUT2D eigenvalue weighted by Crippen LogP contribution is -2.50. The van der Waals surface area contributed by atoms with E-state index in [9.17, 15) is 14.7 Å². The first-order chi connectivity index (χ1) is 19.8. The second-order valence-corrected chi connectivity index (χ2v) is 11.7. The first kappa shape index (κ1) is 29.0. The van der Waals surface area contributed by atoms with E-state index in [4.69, 9.17) is 14.2 Å². The van der Waals surface area contributed by atoms with E-state index in [1.807, 2.05) is 6.92 Å². The van der Waals surface area contributed by atoms with Gasteiger partial charge in [0.2, 0.25) is 6.79 Å². The van der Waals surface area contributed by atoms with Crippen LogP contribution in [0.4, 0.5) is 16.2 Å². The minimum atomic E-state index is -0.459. The summed E-state index contributed by atoms with van der Waals surface area (Å²) in [6, 6.07) is 9.47. The minimum absolute atomic E-state index is 0.0557. The fourth-order valence-corrected chi connectivity index (χ4v) is 5.98. The molecule has 0 bridgehead atoms. The van der Waals surface area contributed by atoms with Crippen LogP contribution in [-0.2, 0) is 0 Å². The highest BCUT2D eigenvalue weighted by molar-refractivity contribution is 6.02. The molecule has 0 unspecified atom stereocenters. The molecule has 10 nitrogen and oxygen atoms in total. The maximum Gasteiger partial charge on any atom is 0.323 e. The second-order valence-electron chi connectivity index (χ2n) is 11.7. The molecule has 3 N–H and O–H groups in total. The third-order valence-electron chi connectivity index (χ3n) is 8.34. The average Bonchev–Trinajstić information content (AvgIpc) is 3.43. The summed E-state index contributed by atoms with van der Waals surface area (Å²) in [5, 5.41) is 15.6. The Morgan fingerprint density at radius 3 is 2.44 bits per heavy atom. The number of nitrogens with zero attached hydrogens (tertiary/aromatic N) is 2. The van der Waals surface area contributed by atoms with Crippen molar-refractivity contribution < 1.29 is 28.9 Å². The van der Waals surface area contributed by atoms with Crippen molar-refractivity contribution in [2.75, 3.05) is 50.7 Å². The molecule has 0 radical (unpaired) electrons. The zero-order valence-electron chi connectivity index (χ0n) is 24.2. The summed E-state index contributed by atoms with van der Waals surface area (Å²) < 4.78 is 17.2. The summed E-state index contributed by atoms with van der Waals surface area (Å²) in [4.78, 5) is 30.6. The van der Waals surface area contributed by atoms with Crippen LogP contribution >= 0.6 is 0 Å². The number of anilines is 2. The predicted molar refractivity (Wildman–Crippen MR) is 157 cm³/mol. The van der Waals surface area contributed by atoms with Crippen LogP contribution in [0.1, 0.15) is 56.3 Å². The van der Waals surface area contributed by atoms with Gasteiger partial charge in [-0.3, -0.25) is 4.79 Å². The van der Waals surface area contributed by atoms with E-state index >= 15 is 0 Å². The highest BCUT2D eigenvalue weighted by Gasteiger charge is 2.34. The average molecular weight is 567 g/mol. The number of carbonyl (C=O) groups is 2. The molecular weight excluding hydrogens is 524 g/mol. The lowest BCUT2D eigenvalue weighted by atomic mass is 9.89. The van der Waals surface area contributed by atoms with Crippen molar-refractivity contribution in [3.05, 3.63) is 42.0 Å². The summed E-state index contributed by atoms with van der Waals surface area (Å²) in [6.45, 7) is 6.20. The number of fused-ring (bicyclic) bond motifs is 2. The molecule has 1 aliphatic carbocycles. The van der Waals surface area contributed by atoms with Crippen LogP contribution in [0.5, 0.6) is 17.2 Å². The molecule has 5 rings (SSSR count). The number of carbonyl (C=O) groups excluding carboxylic acids is 2. The Labute approximate surface area is 241 Å². The first-order valence-corrected chi connectivity index (χ1v) is 14.7. The molecule has 222 valence electrons. The number of hydrogen-bond donors (Lipinski definition) is 3. The molecule has 3 amide bonds. The quantitative estimate of drug-likeness (QED) is 0.421. The number of amides is 3. The van der Waals surface area contributed by atoms with E-state index in [2.05, 4.69) is 29.5 Å². The maximum absolute atomic E-state index is 13.7. The van der Waals surface area contributed by atoms with Gasteiger partial charge in [0.25, 0.3) is 5.91 Å². The van der Waals surface area contributed by atoms with Crippen LogP contribution < -0.4 is 24.8 Å². The topological polar surface area (TPSA) is 113 Å². The zero-order chi connectivity index (χ0) is 28.9. The number of benzene rings is 2. The van der Waals surface area contributed by atoms with Gasteiger partial charge < -0.3 is 39.8 Å². The van der Waals surface area contributed by atoms with Crippen LogP contribution in [-0.4, -0.2) is 79.1 Å². The molecule has 41 heavy (non-hydrogen) atoms. The van der Waals surface area contributed by atoms with Crippen molar-refractivity contribution in [2.45, 2.75) is 58.1 Å². The first-order valence-electron chi connectivity index (χ1n) is 14.7. The van der Waals surface area contributed by atoms with Crippen molar-refractivity contribution in [1.29, 1.82) is 0 Å². The van der Waals surface area contributed by atoms with Gasteiger partial charge in [0.1, 0.15) is 11.9 Å². The number of urea groups is 1. The summed E-state index contributed by atoms with van der Waals surface area (Å²) in [7, 11) is 2.15. The van der Waals surface area contributed by atoms with Crippen molar-refractivity contribution >= 4 is 23.3 Å². The molecule has 0 aromatic heterocycles. The fourth-order valence-electron chi connectivity index (χ4n) is 5.98. The van der Waals surface area contributed by atoms with Gasteiger partial charge in [-0.2, -0.15) is 0 Å². The predicted octanol–water partition coefficient (Wildman–Crippen LogP) is 4.79. The Morgan fingerprint density at radius 1 is 1.02 bits per heavy atom. The van der Waals surface area contributed by atoms with Gasteiger partial charge in [0, 0.05) is 43.0 Å². The van der Waals surface area contributed by atoms with Gasteiger partial charge in [-0.25, -0.2) is 4.79 Å². The molecule has 1 fully saturated rings. The van der Waals surface area contributed by atoms with Gasteiger partial charge in [-0.05, 0) is 63.1 Å². The number of hydrogen-bond acceptors (Lipinski definition) is 7. The zero-order valence-corrected chi connectivity index (χ0v) is 24.2. The molecule has 2 aliphatic heterocycles. The maximum atomic E-state index is 13.7. The van der Waals surface area contributed by atoms with E-state index in [1.165, 1.54) is 32.1 Å². The molecule has 2 aromatic rings. The molecule has 3 atom stereocenters. The van der Waals surface area contributed by atoms with Gasteiger partial charge in [0.05, 0.1) is 18.2 Å². The van der Waals surface area contributed by atoms with E-state index in [0.717, 1.165) is 19.0 Å². The summed E-state index contributed by atoms with van der Waals surface area (Å²) >= 11 is 0. The molecule has 10 heteroatoms. The van der Waals surface area contributed by atoms with Crippen molar-refractivity contribution in [1.82, 2.24) is 9.80 Å². The van der Waals surface area contributed by atoms with Gasteiger partial charge in [0.15, 0.2) is 11.5 Å². The Kier molecular flexibility index (Phi) is 9.19. The molecule has 0 saturated heterocycles. The van der Waals surface area contributed by atoms with Gasteiger partial charge >= 0.3 is 6.03 Å². The monoisotopic (exact) mass is 566 g/mol. The van der Waals surface area contributed by atoms with Crippen LogP contribution in [0.15, 0.2) is 36.4 Å². The van der Waals surface area contributed by atoms with E-state index in [-0.39, 0.29) is 37.4 Å². The SMILES string of the molecule is C[C@@H]1CN([C@@H](C)CO)C(=O)c2cc(NC(=O)Nc3ccc4c(c3)OCO4)ccc2O[C@H]1CN(C)CC1CCCCC1. The largest absolute Gasteiger partial charge is 0.488 e. The van der Waals surface area contributed by atoms with E-state index < -0.39 is 6.03 Å². The number of rotatable bonds is 8. The molecule has 2 aromatic carbocycles. The number of aliphatic hydroxyl groups excluding tert-OH is 1. The summed E-state index contributed by atoms with van der Waals surface area (Å²) in [6.07, 6.45) is 6.37. The fraction of sp³-hybridized carbons (Fsp3) is 0.548. The van der Waals surface area contributed by atoms with Gasteiger partial charge in [-0.15, -0.1) is 0 Å². The number of ether oxygens (including phenoxy) is 3. The standard InChI is InChI=1S/C31H42N4O6/c1-20-15-35(21(2)18-36)30(37)25-13-23(32-31(38)33-24-10-12-27-28(14-24)40-19-39-27)9-11-26(25)41-29(20)17-34(3)16-22-7-5-4-6-8-22/h9-14,20-22,29,36H,4-8,15-19H2,1-3H3,(H2,32,33,38)/t20-,21+,29+/m1/s1. The second kappa shape index (κ2) is 13.0. The number of nitrogens with one attached hydrogen (secondary N) is 2. The lowest BCUT2D eigenvalue weighted by Gasteiger charge is -2.38. The Hall–Kier alpha value is -3.50. The van der Waals surface area contributed by atoms with Crippen LogP contribution in [0.3, 0.4) is 0 Å². The summed E-state index contributed by atoms with van der Waals surface area (Å²) in [5.41, 5.74) is 1.36. The highest BCUT2D eigenvalue weighted by atomic mass is 16.7. The Morgan fingerprint density at radius 2 is 1.71 bits per heavy atom. The molecule has 3 aliphatic rings. The normalized spacial score (nSPS) is 21.5. The van der Waals surface area contributed by atoms with E-state index in [0.29, 0.717) is 40.7 Å². The third-order valence-corrected chi connectivity index (χ3v) is 8.34. The number of aliphatic hydroxyl groups is 1. The summed E-state index contributed by atoms with van der Waals surface area (Å²) in [5.74, 6) is 2.22. The van der Waals surface area contributed by atoms with Crippen molar-refractivity contribution in [3.63, 3.8) is 0 Å². The van der Waals surface area contributed by atoms with Crippen molar-refractivity contribution in [2.24, 2.45) is 11.8 Å². The lowest BCUT2D eigenvalue weighted by molar-refractivity contribution is 0.0330.